The van der Waals surface area contributed by atoms with Gasteiger partial charge in [-0.05, 0) is 49.3 Å². The van der Waals surface area contributed by atoms with Crippen LogP contribution >= 0.6 is 11.3 Å². The molecule has 1 heterocycles. The summed E-state index contributed by atoms with van der Waals surface area (Å²) in [5, 5.41) is 23.2. The summed E-state index contributed by atoms with van der Waals surface area (Å²) < 4.78 is 24.9. The van der Waals surface area contributed by atoms with Crippen LogP contribution in [0.1, 0.15) is 55.9 Å². The first-order chi connectivity index (χ1) is 14.9. The van der Waals surface area contributed by atoms with E-state index < -0.39 is 22.5 Å². The minimum absolute atomic E-state index is 0.275. The second-order valence-corrected chi connectivity index (χ2v) is 11.2. The minimum atomic E-state index is -3.28. The molecule has 0 aliphatic heterocycles. The molecule has 31 heavy (non-hydrogen) atoms. The highest BCUT2D eigenvalue weighted by molar-refractivity contribution is 7.92. The molecule has 1 aromatic carbocycles. The highest BCUT2D eigenvalue weighted by atomic mass is 32.2. The number of hydrogen-bond donors (Lipinski definition) is 3. The first-order valence-electron chi connectivity index (χ1n) is 10.5. The number of benzene rings is 1. The number of nitrogens with one attached hydrogen (secondary N) is 1. The zero-order valence-corrected chi connectivity index (χ0v) is 18.7. The van der Waals surface area contributed by atoms with Gasteiger partial charge in [0.25, 0.3) is 5.91 Å². The molecule has 2 saturated carbocycles. The molecule has 0 radical (unpaired) electrons. The molecule has 3 N–H and O–H groups in total. The van der Waals surface area contributed by atoms with E-state index in [1.807, 2.05) is 6.08 Å². The monoisotopic (exact) mass is 462 g/mol. The van der Waals surface area contributed by atoms with Gasteiger partial charge in [0.2, 0.25) is 0 Å². The van der Waals surface area contributed by atoms with Gasteiger partial charge in [0.1, 0.15) is 6.10 Å². The van der Waals surface area contributed by atoms with Crippen molar-refractivity contribution in [3.05, 3.63) is 47.0 Å². The van der Waals surface area contributed by atoms with Crippen LogP contribution in [0.5, 0.6) is 0 Å². The lowest BCUT2D eigenvalue weighted by atomic mass is 9.98. The fraction of sp³-hybridized carbons (Fsp3) is 0.455. The van der Waals surface area contributed by atoms with Gasteiger partial charge in [0, 0.05) is 11.0 Å². The minimum Gasteiger partial charge on any atom is -0.393 e. The number of carbonyl (C=O) groups is 1. The lowest BCUT2D eigenvalue weighted by Crippen LogP contribution is -2.15. The Bertz CT molecular complexity index is 1070. The van der Waals surface area contributed by atoms with Crippen molar-refractivity contribution in [1.82, 2.24) is 4.98 Å². The Morgan fingerprint density at radius 1 is 1.19 bits per heavy atom. The maximum atomic E-state index is 13.1. The fourth-order valence-corrected chi connectivity index (χ4v) is 6.22. The number of sulfone groups is 1. The Labute approximate surface area is 185 Å². The van der Waals surface area contributed by atoms with E-state index in [4.69, 9.17) is 5.11 Å². The van der Waals surface area contributed by atoms with Gasteiger partial charge in [0.15, 0.2) is 15.0 Å². The zero-order chi connectivity index (χ0) is 22.0. The third kappa shape index (κ3) is 5.06. The molecule has 1 atom stereocenters. The summed E-state index contributed by atoms with van der Waals surface area (Å²) >= 11 is 1.17. The molecule has 0 saturated heterocycles. The Kier molecular flexibility index (Phi) is 6.57. The molecule has 0 unspecified atom stereocenters. The van der Waals surface area contributed by atoms with Crippen LogP contribution in [0.2, 0.25) is 0 Å². The Balaban J connectivity index is 1.58. The topological polar surface area (TPSA) is 117 Å². The van der Waals surface area contributed by atoms with Gasteiger partial charge < -0.3 is 10.2 Å². The lowest BCUT2D eigenvalue weighted by Gasteiger charge is -2.12. The normalized spacial score (nSPS) is 18.8. The first kappa shape index (κ1) is 22.1. The number of thiazole rings is 1. The SMILES string of the molecule is O=C(Nc1nc([C@@H](O)CO)cs1)/C(=C/C1CCCC1)c1ccc(S(=O)(=O)C2CC2)cc1. The van der Waals surface area contributed by atoms with Crippen molar-refractivity contribution in [2.24, 2.45) is 5.92 Å². The molecule has 2 aliphatic rings. The van der Waals surface area contributed by atoms with Crippen LogP contribution in [0.25, 0.3) is 5.57 Å². The fourth-order valence-electron chi connectivity index (χ4n) is 3.81. The molecule has 166 valence electrons. The van der Waals surface area contributed by atoms with E-state index >= 15 is 0 Å². The number of allylic oxidation sites excluding steroid dienone is 1. The number of hydrogen-bond acceptors (Lipinski definition) is 7. The Morgan fingerprint density at radius 2 is 1.87 bits per heavy atom. The maximum absolute atomic E-state index is 13.1. The van der Waals surface area contributed by atoms with Crippen LogP contribution in [0.15, 0.2) is 40.6 Å². The van der Waals surface area contributed by atoms with E-state index in [1.54, 1.807) is 29.6 Å². The summed E-state index contributed by atoms with van der Waals surface area (Å²) in [6.45, 7) is -0.444. The molecule has 1 amide bonds. The molecule has 2 aromatic rings. The number of rotatable bonds is 8. The molecule has 9 heteroatoms. The Hall–Kier alpha value is -2.07. The average Bonchev–Trinajstić information content (AvgIpc) is 3.33. The van der Waals surface area contributed by atoms with Gasteiger partial charge in [-0.1, -0.05) is 31.1 Å². The van der Waals surface area contributed by atoms with Gasteiger partial charge in [-0.3, -0.25) is 10.1 Å². The number of aromatic nitrogens is 1. The molecule has 0 bridgehead atoms. The summed E-state index contributed by atoms with van der Waals surface area (Å²) in [5.74, 6) is -0.0252. The highest BCUT2D eigenvalue weighted by Crippen LogP contribution is 2.35. The van der Waals surface area contributed by atoms with Crippen molar-refractivity contribution in [3.63, 3.8) is 0 Å². The molecule has 7 nitrogen and oxygen atoms in total. The predicted octanol–water partition coefficient (Wildman–Crippen LogP) is 3.32. The summed E-state index contributed by atoms with van der Waals surface area (Å²) in [5.41, 5.74) is 1.45. The molecular weight excluding hydrogens is 436 g/mol. The largest absolute Gasteiger partial charge is 0.393 e. The number of aliphatic hydroxyl groups excluding tert-OH is 2. The van der Waals surface area contributed by atoms with Crippen molar-refractivity contribution < 1.29 is 23.4 Å². The summed E-state index contributed by atoms with van der Waals surface area (Å²) in [7, 11) is -3.28. The standard InChI is InChI=1S/C22H26N2O5S2/c25-12-20(26)19-13-30-22(23-19)24-21(27)18(11-14-3-1-2-4-14)15-5-7-16(8-6-15)31(28,29)17-9-10-17/h5-8,11,13-14,17,20,25-26H,1-4,9-10,12H2,(H,23,24,27)/b18-11+/t20-/m0/s1. The molecular formula is C22H26N2O5S2. The van der Waals surface area contributed by atoms with Crippen molar-refractivity contribution in [3.8, 4) is 0 Å². The van der Waals surface area contributed by atoms with E-state index in [1.165, 1.54) is 11.3 Å². The Morgan fingerprint density at radius 3 is 2.48 bits per heavy atom. The van der Waals surface area contributed by atoms with Gasteiger partial charge in [-0.25, -0.2) is 13.4 Å². The number of amides is 1. The summed E-state index contributed by atoms with van der Waals surface area (Å²) in [6.07, 6.45) is 6.61. The maximum Gasteiger partial charge on any atom is 0.257 e. The first-order valence-corrected chi connectivity index (χ1v) is 12.9. The van der Waals surface area contributed by atoms with E-state index in [-0.39, 0.29) is 11.2 Å². The van der Waals surface area contributed by atoms with E-state index in [9.17, 15) is 18.3 Å². The molecule has 0 spiro atoms. The van der Waals surface area contributed by atoms with Gasteiger partial charge in [0.05, 0.1) is 22.4 Å². The highest BCUT2D eigenvalue weighted by Gasteiger charge is 2.36. The smallest absolute Gasteiger partial charge is 0.257 e. The number of anilines is 1. The van der Waals surface area contributed by atoms with Crippen molar-refractivity contribution in [2.75, 3.05) is 11.9 Å². The lowest BCUT2D eigenvalue weighted by molar-refractivity contribution is -0.111. The van der Waals surface area contributed by atoms with Crippen LogP contribution in [-0.4, -0.2) is 41.4 Å². The van der Waals surface area contributed by atoms with Crippen molar-refractivity contribution >= 4 is 37.8 Å². The molecule has 2 fully saturated rings. The van der Waals surface area contributed by atoms with Crippen LogP contribution in [0, 0.1) is 5.92 Å². The van der Waals surface area contributed by atoms with Crippen LogP contribution in [-0.2, 0) is 14.6 Å². The van der Waals surface area contributed by atoms with Crippen LogP contribution in [0.3, 0.4) is 0 Å². The molecule has 1 aromatic heterocycles. The number of aliphatic hydroxyl groups is 2. The third-order valence-electron chi connectivity index (χ3n) is 5.76. The van der Waals surface area contributed by atoms with Crippen molar-refractivity contribution in [2.45, 2.75) is 54.8 Å². The average molecular weight is 463 g/mol. The molecule has 2 aliphatic carbocycles. The van der Waals surface area contributed by atoms with Gasteiger partial charge in [-0.15, -0.1) is 11.3 Å². The predicted molar refractivity (Wildman–Crippen MR) is 119 cm³/mol. The van der Waals surface area contributed by atoms with E-state index in [0.29, 0.717) is 45.6 Å². The van der Waals surface area contributed by atoms with Gasteiger partial charge >= 0.3 is 0 Å². The van der Waals surface area contributed by atoms with Crippen LogP contribution in [0.4, 0.5) is 5.13 Å². The number of nitrogens with zero attached hydrogens (tertiary/aromatic N) is 1. The summed E-state index contributed by atoms with van der Waals surface area (Å²) in [6, 6.07) is 6.55. The third-order valence-corrected chi connectivity index (χ3v) is 8.81. The van der Waals surface area contributed by atoms with Gasteiger partial charge in [-0.2, -0.15) is 0 Å². The zero-order valence-electron chi connectivity index (χ0n) is 17.0. The summed E-state index contributed by atoms with van der Waals surface area (Å²) in [4.78, 5) is 17.6. The quantitative estimate of drug-likeness (QED) is 0.518. The molecule has 4 rings (SSSR count). The second-order valence-electron chi connectivity index (χ2n) is 8.12. The van der Waals surface area contributed by atoms with E-state index in [0.717, 1.165) is 25.7 Å². The number of carbonyl (C=O) groups excluding carboxylic acids is 1. The van der Waals surface area contributed by atoms with Crippen LogP contribution < -0.4 is 5.32 Å². The second kappa shape index (κ2) is 9.20. The van der Waals surface area contributed by atoms with Crippen molar-refractivity contribution in [1.29, 1.82) is 0 Å². The van der Waals surface area contributed by atoms with E-state index in [2.05, 4.69) is 10.3 Å².